The van der Waals surface area contributed by atoms with Gasteiger partial charge < -0.3 is 0 Å². The Morgan fingerprint density at radius 3 is 1.72 bits per heavy atom. The lowest BCUT2D eigenvalue weighted by atomic mass is 10.1. The van der Waals surface area contributed by atoms with E-state index in [2.05, 4.69) is 0 Å². The standard InChI is InChI=1S/C12H4Cl6/c13-5-1-2-7(14)6(3-5)10-11(17)8(15)4-9(16)12(10)18/h1-4H. The first-order chi connectivity index (χ1) is 8.41. The number of halogens is 6. The highest BCUT2D eigenvalue weighted by Gasteiger charge is 2.18. The van der Waals surface area contributed by atoms with Crippen LogP contribution in [-0.4, -0.2) is 0 Å². The molecule has 2 rings (SSSR count). The van der Waals surface area contributed by atoms with Gasteiger partial charge in [0.15, 0.2) is 0 Å². The summed E-state index contributed by atoms with van der Waals surface area (Å²) in [5, 5.41) is 2.15. The van der Waals surface area contributed by atoms with Gasteiger partial charge in [0, 0.05) is 21.2 Å². The van der Waals surface area contributed by atoms with E-state index in [0.717, 1.165) is 0 Å². The van der Waals surface area contributed by atoms with Crippen LogP contribution >= 0.6 is 69.6 Å². The average Bonchev–Trinajstić information content (AvgIpc) is 2.31. The minimum absolute atomic E-state index is 0.287. The van der Waals surface area contributed by atoms with Crippen LogP contribution < -0.4 is 0 Å². The molecule has 18 heavy (non-hydrogen) atoms. The summed E-state index contributed by atoms with van der Waals surface area (Å²) in [5.41, 5.74) is 1.06. The van der Waals surface area contributed by atoms with E-state index in [9.17, 15) is 0 Å². The summed E-state index contributed by atoms with van der Waals surface area (Å²) >= 11 is 36.3. The van der Waals surface area contributed by atoms with Crippen LogP contribution in [0, 0.1) is 0 Å². The van der Waals surface area contributed by atoms with E-state index in [-0.39, 0.29) is 10.0 Å². The molecule has 0 heterocycles. The highest BCUT2D eigenvalue weighted by Crippen LogP contribution is 2.45. The Balaban J connectivity index is 2.82. The molecule has 2 aromatic rings. The molecule has 0 aliphatic carbocycles. The van der Waals surface area contributed by atoms with Gasteiger partial charge in [-0.05, 0) is 24.3 Å². The Morgan fingerprint density at radius 2 is 1.17 bits per heavy atom. The molecule has 0 radical (unpaired) electrons. The Hall–Kier alpha value is 0.180. The van der Waals surface area contributed by atoms with Crippen molar-refractivity contribution in [1.82, 2.24) is 0 Å². The maximum Gasteiger partial charge on any atom is 0.0687 e. The molecular formula is C12H4Cl6. The first kappa shape index (κ1) is 14.6. The molecule has 0 nitrogen and oxygen atoms in total. The fourth-order valence-corrected chi connectivity index (χ4v) is 2.90. The fourth-order valence-electron chi connectivity index (χ4n) is 1.50. The van der Waals surface area contributed by atoms with Gasteiger partial charge in [0.05, 0.1) is 20.1 Å². The van der Waals surface area contributed by atoms with Crippen LogP contribution in [0.3, 0.4) is 0 Å². The third-order valence-corrected chi connectivity index (χ3v) is 4.45. The molecule has 0 N–H and O–H groups in total. The summed E-state index contributed by atoms with van der Waals surface area (Å²) in [5.74, 6) is 0. The van der Waals surface area contributed by atoms with Crippen LogP contribution in [0.5, 0.6) is 0 Å². The molecule has 6 heteroatoms. The van der Waals surface area contributed by atoms with Gasteiger partial charge in [0.1, 0.15) is 0 Å². The molecule has 0 aliphatic heterocycles. The van der Waals surface area contributed by atoms with Gasteiger partial charge >= 0.3 is 0 Å². The number of hydrogen-bond acceptors (Lipinski definition) is 0. The lowest BCUT2D eigenvalue weighted by Gasteiger charge is -2.12. The second-order valence-electron chi connectivity index (χ2n) is 3.47. The van der Waals surface area contributed by atoms with E-state index in [4.69, 9.17) is 69.6 Å². The molecule has 0 aliphatic rings. The quantitative estimate of drug-likeness (QED) is 0.469. The topological polar surface area (TPSA) is 0 Å². The van der Waals surface area contributed by atoms with Crippen LogP contribution in [0.2, 0.25) is 30.1 Å². The molecule has 0 atom stereocenters. The lowest BCUT2D eigenvalue weighted by molar-refractivity contribution is 1.61. The van der Waals surface area contributed by atoms with Gasteiger partial charge in [-0.1, -0.05) is 69.6 Å². The maximum absolute atomic E-state index is 6.15. The third-order valence-electron chi connectivity index (χ3n) is 2.31. The Kier molecular flexibility index (Phi) is 4.59. The second-order valence-corrected chi connectivity index (χ2v) is 5.88. The van der Waals surface area contributed by atoms with Crippen molar-refractivity contribution in [3.63, 3.8) is 0 Å². The minimum Gasteiger partial charge on any atom is -0.0843 e. The Labute approximate surface area is 134 Å². The second kappa shape index (κ2) is 5.66. The molecular weight excluding hydrogens is 357 g/mol. The van der Waals surface area contributed by atoms with Gasteiger partial charge in [-0.25, -0.2) is 0 Å². The molecule has 0 unspecified atom stereocenters. The van der Waals surface area contributed by atoms with E-state index in [0.29, 0.717) is 31.2 Å². The predicted octanol–water partition coefficient (Wildman–Crippen LogP) is 7.27. The van der Waals surface area contributed by atoms with Crippen LogP contribution in [0.4, 0.5) is 0 Å². The SMILES string of the molecule is Clc1ccc(Cl)c(-c2c(Cl)c(Cl)cc(Cl)c2Cl)c1. The molecule has 0 fully saturated rings. The summed E-state index contributed by atoms with van der Waals surface area (Å²) in [6.07, 6.45) is 0. The van der Waals surface area contributed by atoms with Crippen molar-refractivity contribution >= 4 is 69.6 Å². The predicted molar refractivity (Wildman–Crippen MR) is 81.9 cm³/mol. The Bertz CT molecular complexity index is 594. The summed E-state index contributed by atoms with van der Waals surface area (Å²) < 4.78 is 0. The molecule has 0 saturated heterocycles. The van der Waals surface area contributed by atoms with Gasteiger partial charge in [0.2, 0.25) is 0 Å². The molecule has 0 spiro atoms. The Morgan fingerprint density at radius 1 is 0.611 bits per heavy atom. The van der Waals surface area contributed by atoms with E-state index >= 15 is 0 Å². The highest BCUT2D eigenvalue weighted by molar-refractivity contribution is 6.50. The van der Waals surface area contributed by atoms with Crippen molar-refractivity contribution in [2.24, 2.45) is 0 Å². The zero-order valence-electron chi connectivity index (χ0n) is 8.58. The molecule has 0 aromatic heterocycles. The zero-order valence-corrected chi connectivity index (χ0v) is 13.1. The van der Waals surface area contributed by atoms with Crippen LogP contribution in [0.1, 0.15) is 0 Å². The molecule has 94 valence electrons. The lowest BCUT2D eigenvalue weighted by Crippen LogP contribution is -1.86. The zero-order chi connectivity index (χ0) is 13.4. The van der Waals surface area contributed by atoms with Crippen molar-refractivity contribution in [2.45, 2.75) is 0 Å². The third kappa shape index (κ3) is 2.70. The summed E-state index contributed by atoms with van der Waals surface area (Å²) in [6, 6.07) is 6.46. The minimum atomic E-state index is 0.287. The summed E-state index contributed by atoms with van der Waals surface area (Å²) in [7, 11) is 0. The largest absolute Gasteiger partial charge is 0.0843 e. The van der Waals surface area contributed by atoms with Crippen LogP contribution in [0.25, 0.3) is 11.1 Å². The average molecular weight is 361 g/mol. The van der Waals surface area contributed by atoms with Gasteiger partial charge in [-0.3, -0.25) is 0 Å². The normalized spacial score (nSPS) is 10.8. The number of benzene rings is 2. The van der Waals surface area contributed by atoms with Gasteiger partial charge in [-0.2, -0.15) is 0 Å². The summed E-state index contributed by atoms with van der Waals surface area (Å²) in [6.45, 7) is 0. The first-order valence-electron chi connectivity index (χ1n) is 4.70. The van der Waals surface area contributed by atoms with Crippen LogP contribution in [0.15, 0.2) is 24.3 Å². The monoisotopic (exact) mass is 358 g/mol. The van der Waals surface area contributed by atoms with Crippen molar-refractivity contribution < 1.29 is 0 Å². The first-order valence-corrected chi connectivity index (χ1v) is 6.97. The van der Waals surface area contributed by atoms with Crippen molar-refractivity contribution in [1.29, 1.82) is 0 Å². The smallest absolute Gasteiger partial charge is 0.0687 e. The van der Waals surface area contributed by atoms with E-state index in [1.807, 2.05) is 0 Å². The van der Waals surface area contributed by atoms with Crippen molar-refractivity contribution in [2.75, 3.05) is 0 Å². The van der Waals surface area contributed by atoms with Gasteiger partial charge in [0.25, 0.3) is 0 Å². The maximum atomic E-state index is 6.15. The van der Waals surface area contributed by atoms with E-state index in [1.165, 1.54) is 6.07 Å². The van der Waals surface area contributed by atoms with Gasteiger partial charge in [-0.15, -0.1) is 0 Å². The number of rotatable bonds is 1. The van der Waals surface area contributed by atoms with Crippen molar-refractivity contribution in [3.8, 4) is 11.1 Å². The molecule has 2 aromatic carbocycles. The van der Waals surface area contributed by atoms with Crippen molar-refractivity contribution in [3.05, 3.63) is 54.4 Å². The molecule has 0 saturated carbocycles. The van der Waals surface area contributed by atoms with Crippen LogP contribution in [-0.2, 0) is 0 Å². The number of hydrogen-bond donors (Lipinski definition) is 0. The molecule has 0 amide bonds. The molecule has 0 bridgehead atoms. The fraction of sp³-hybridized carbons (Fsp3) is 0. The highest BCUT2D eigenvalue weighted by atomic mass is 35.5. The van der Waals surface area contributed by atoms with E-state index < -0.39 is 0 Å². The summed E-state index contributed by atoms with van der Waals surface area (Å²) in [4.78, 5) is 0. The van der Waals surface area contributed by atoms with E-state index in [1.54, 1.807) is 18.2 Å².